The van der Waals surface area contributed by atoms with E-state index >= 15 is 0 Å². The molecule has 0 bridgehead atoms. The number of carbonyl (C=O) groups excluding carboxylic acids is 1. The maximum Gasteiger partial charge on any atom is 0.222 e. The van der Waals surface area contributed by atoms with Crippen LogP contribution in [0.4, 0.5) is 0 Å². The average Bonchev–Trinajstić information content (AvgIpc) is 2.36. The lowest BCUT2D eigenvalue weighted by atomic mass is 9.91. The minimum Gasteiger partial charge on any atom is -0.386 e. The lowest BCUT2D eigenvalue weighted by Gasteiger charge is -2.46. The summed E-state index contributed by atoms with van der Waals surface area (Å²) in [6, 6.07) is 10.2. The molecule has 0 unspecified atom stereocenters. The van der Waals surface area contributed by atoms with Gasteiger partial charge in [-0.1, -0.05) is 37.3 Å². The van der Waals surface area contributed by atoms with Crippen LogP contribution in [0.2, 0.25) is 0 Å². The van der Waals surface area contributed by atoms with E-state index in [0.717, 1.165) is 19.3 Å². The highest BCUT2D eigenvalue weighted by molar-refractivity contribution is 5.77. The first-order valence-corrected chi connectivity index (χ1v) is 6.67. The van der Waals surface area contributed by atoms with Gasteiger partial charge in [0.2, 0.25) is 5.91 Å². The van der Waals surface area contributed by atoms with Gasteiger partial charge < -0.3 is 10.0 Å². The lowest BCUT2D eigenvalue weighted by Crippen LogP contribution is -2.63. The molecule has 1 saturated heterocycles. The van der Waals surface area contributed by atoms with Crippen molar-refractivity contribution in [1.82, 2.24) is 4.90 Å². The van der Waals surface area contributed by atoms with Crippen LogP contribution < -0.4 is 0 Å². The van der Waals surface area contributed by atoms with Crippen molar-refractivity contribution in [3.05, 3.63) is 35.9 Å². The zero-order valence-electron chi connectivity index (χ0n) is 10.9. The zero-order chi connectivity index (χ0) is 13.0. The first-order chi connectivity index (χ1) is 8.63. The third-order valence-corrected chi connectivity index (χ3v) is 3.68. The Morgan fingerprint density at radius 3 is 2.61 bits per heavy atom. The molecular weight excluding hydrogens is 226 g/mol. The molecule has 1 fully saturated rings. The fourth-order valence-electron chi connectivity index (χ4n) is 2.31. The summed E-state index contributed by atoms with van der Waals surface area (Å²) in [6.45, 7) is 2.97. The van der Waals surface area contributed by atoms with E-state index in [1.165, 1.54) is 5.56 Å². The van der Waals surface area contributed by atoms with Gasteiger partial charge in [-0.2, -0.15) is 0 Å². The van der Waals surface area contributed by atoms with Gasteiger partial charge in [-0.15, -0.1) is 0 Å². The number of likely N-dealkylation sites (tertiary alicyclic amines) is 1. The van der Waals surface area contributed by atoms with Crippen LogP contribution in [0.3, 0.4) is 0 Å². The number of β-amino-alcohol motifs (C(OH)–C–C–N with tert-alkyl or cyclic N) is 1. The molecule has 0 aliphatic carbocycles. The van der Waals surface area contributed by atoms with Gasteiger partial charge in [-0.3, -0.25) is 4.79 Å². The highest BCUT2D eigenvalue weighted by Gasteiger charge is 2.41. The van der Waals surface area contributed by atoms with Crippen LogP contribution in [-0.4, -0.2) is 34.6 Å². The molecule has 2 rings (SSSR count). The topological polar surface area (TPSA) is 40.5 Å². The fraction of sp³-hybridized carbons (Fsp3) is 0.533. The number of carbonyl (C=O) groups is 1. The summed E-state index contributed by atoms with van der Waals surface area (Å²) in [5.74, 6) is 0.170. The van der Waals surface area contributed by atoms with Crippen LogP contribution in [-0.2, 0) is 11.2 Å². The van der Waals surface area contributed by atoms with Gasteiger partial charge in [0.15, 0.2) is 0 Å². The lowest BCUT2D eigenvalue weighted by molar-refractivity contribution is -0.155. The fourth-order valence-corrected chi connectivity index (χ4v) is 2.31. The van der Waals surface area contributed by atoms with Crippen LogP contribution in [0.15, 0.2) is 30.3 Å². The molecular formula is C15H21NO2. The van der Waals surface area contributed by atoms with Gasteiger partial charge in [0.25, 0.3) is 0 Å². The van der Waals surface area contributed by atoms with Gasteiger partial charge in [-0.05, 0) is 24.8 Å². The molecule has 1 N–H and O–H groups in total. The van der Waals surface area contributed by atoms with Crippen molar-refractivity contribution in [1.29, 1.82) is 0 Å². The third-order valence-electron chi connectivity index (χ3n) is 3.68. The predicted molar refractivity (Wildman–Crippen MR) is 71.2 cm³/mol. The monoisotopic (exact) mass is 247 g/mol. The van der Waals surface area contributed by atoms with Crippen LogP contribution in [0.25, 0.3) is 0 Å². The van der Waals surface area contributed by atoms with Crippen molar-refractivity contribution >= 4 is 5.91 Å². The van der Waals surface area contributed by atoms with E-state index in [4.69, 9.17) is 0 Å². The molecule has 98 valence electrons. The Bertz CT molecular complexity index is 396. The molecule has 0 saturated carbocycles. The van der Waals surface area contributed by atoms with E-state index in [9.17, 15) is 9.90 Å². The maximum absolute atomic E-state index is 11.8. The highest BCUT2D eigenvalue weighted by Crippen LogP contribution is 2.24. The van der Waals surface area contributed by atoms with E-state index in [0.29, 0.717) is 19.5 Å². The van der Waals surface area contributed by atoms with E-state index in [-0.39, 0.29) is 5.91 Å². The molecule has 0 spiro atoms. The number of aryl methyl sites for hydroxylation is 1. The number of hydrogen-bond acceptors (Lipinski definition) is 2. The van der Waals surface area contributed by atoms with Crippen molar-refractivity contribution in [2.75, 3.05) is 13.1 Å². The molecule has 1 aliphatic rings. The summed E-state index contributed by atoms with van der Waals surface area (Å²) in [6.07, 6.45) is 3.12. The largest absolute Gasteiger partial charge is 0.386 e. The van der Waals surface area contributed by atoms with Crippen LogP contribution in [0.1, 0.15) is 31.7 Å². The first kappa shape index (κ1) is 13.1. The number of rotatable bonds is 5. The van der Waals surface area contributed by atoms with Crippen molar-refractivity contribution in [3.63, 3.8) is 0 Å². The molecule has 1 aliphatic heterocycles. The zero-order valence-corrected chi connectivity index (χ0v) is 10.9. The molecule has 0 aromatic heterocycles. The molecule has 1 aromatic carbocycles. The summed E-state index contributed by atoms with van der Waals surface area (Å²) >= 11 is 0. The Kier molecular flexibility index (Phi) is 4.02. The summed E-state index contributed by atoms with van der Waals surface area (Å²) in [5.41, 5.74) is 0.661. The third kappa shape index (κ3) is 3.10. The van der Waals surface area contributed by atoms with Crippen molar-refractivity contribution in [2.45, 2.75) is 38.2 Å². The Balaban J connectivity index is 1.68. The molecule has 0 radical (unpaired) electrons. The van der Waals surface area contributed by atoms with Crippen molar-refractivity contribution in [3.8, 4) is 0 Å². The van der Waals surface area contributed by atoms with E-state index < -0.39 is 5.60 Å². The Labute approximate surface area is 108 Å². The summed E-state index contributed by atoms with van der Waals surface area (Å²) in [7, 11) is 0. The summed E-state index contributed by atoms with van der Waals surface area (Å²) in [5, 5.41) is 9.85. The summed E-state index contributed by atoms with van der Waals surface area (Å²) in [4.78, 5) is 13.6. The van der Waals surface area contributed by atoms with Gasteiger partial charge in [0, 0.05) is 6.42 Å². The minimum atomic E-state index is -0.616. The Hall–Kier alpha value is -1.35. The second kappa shape index (κ2) is 5.53. The SMILES string of the molecule is CCC1(O)CN(C(=O)CCCc2ccccc2)C1. The first-order valence-electron chi connectivity index (χ1n) is 6.67. The van der Waals surface area contributed by atoms with Crippen LogP contribution in [0.5, 0.6) is 0 Å². The van der Waals surface area contributed by atoms with Gasteiger partial charge in [-0.25, -0.2) is 0 Å². The van der Waals surface area contributed by atoms with Gasteiger partial charge >= 0.3 is 0 Å². The molecule has 1 amide bonds. The second-order valence-corrected chi connectivity index (χ2v) is 5.17. The molecule has 3 nitrogen and oxygen atoms in total. The molecule has 3 heteroatoms. The highest BCUT2D eigenvalue weighted by atomic mass is 16.3. The molecule has 18 heavy (non-hydrogen) atoms. The predicted octanol–water partition coefficient (Wildman–Crippen LogP) is 1.99. The van der Waals surface area contributed by atoms with E-state index in [1.54, 1.807) is 4.90 Å². The normalized spacial score (nSPS) is 17.3. The number of hydrogen-bond donors (Lipinski definition) is 1. The van der Waals surface area contributed by atoms with Crippen LogP contribution in [0, 0.1) is 0 Å². The van der Waals surface area contributed by atoms with Crippen molar-refractivity contribution < 1.29 is 9.90 Å². The van der Waals surface area contributed by atoms with Gasteiger partial charge in [0.1, 0.15) is 0 Å². The van der Waals surface area contributed by atoms with E-state index in [2.05, 4.69) is 12.1 Å². The van der Waals surface area contributed by atoms with Gasteiger partial charge in [0.05, 0.1) is 18.7 Å². The Morgan fingerprint density at radius 1 is 1.33 bits per heavy atom. The number of amides is 1. The second-order valence-electron chi connectivity index (χ2n) is 5.17. The Morgan fingerprint density at radius 2 is 2.00 bits per heavy atom. The molecule has 0 atom stereocenters. The van der Waals surface area contributed by atoms with Crippen molar-refractivity contribution in [2.24, 2.45) is 0 Å². The standard InChI is InChI=1S/C15H21NO2/c1-2-15(18)11-16(12-15)14(17)10-6-9-13-7-4-3-5-8-13/h3-5,7-8,18H,2,6,9-12H2,1H3. The van der Waals surface area contributed by atoms with E-state index in [1.807, 2.05) is 25.1 Å². The quantitative estimate of drug-likeness (QED) is 0.864. The molecule has 1 heterocycles. The number of nitrogens with zero attached hydrogens (tertiary/aromatic N) is 1. The molecule has 1 aromatic rings. The average molecular weight is 247 g/mol. The minimum absolute atomic E-state index is 0.170. The maximum atomic E-state index is 11.8. The smallest absolute Gasteiger partial charge is 0.222 e. The number of aliphatic hydroxyl groups is 1. The van der Waals surface area contributed by atoms with Crippen LogP contribution >= 0.6 is 0 Å². The summed E-state index contributed by atoms with van der Waals surface area (Å²) < 4.78 is 0. The number of benzene rings is 1.